The van der Waals surface area contributed by atoms with Crippen LogP contribution in [0.5, 0.6) is 0 Å². The molecule has 0 saturated carbocycles. The van der Waals surface area contributed by atoms with Gasteiger partial charge in [-0.25, -0.2) is 0 Å². The summed E-state index contributed by atoms with van der Waals surface area (Å²) in [5.74, 6) is 1.38. The maximum atomic E-state index is 12.5. The third-order valence-electron chi connectivity index (χ3n) is 6.12. The lowest BCUT2D eigenvalue weighted by atomic mass is 9.91. The van der Waals surface area contributed by atoms with Crippen molar-refractivity contribution in [2.45, 2.75) is 44.9 Å². The van der Waals surface area contributed by atoms with Gasteiger partial charge in [-0.15, -0.1) is 0 Å². The van der Waals surface area contributed by atoms with Gasteiger partial charge >= 0.3 is 0 Å². The first-order valence-corrected chi connectivity index (χ1v) is 11.2. The van der Waals surface area contributed by atoms with E-state index in [2.05, 4.69) is 10.6 Å². The Labute approximate surface area is 174 Å². The van der Waals surface area contributed by atoms with Crippen molar-refractivity contribution in [3.8, 4) is 0 Å². The molecule has 1 aromatic carbocycles. The average molecular weight is 398 g/mol. The molecule has 2 amide bonds. The van der Waals surface area contributed by atoms with Crippen molar-refractivity contribution in [2.24, 2.45) is 11.8 Å². The van der Waals surface area contributed by atoms with Gasteiger partial charge in [0, 0.05) is 31.7 Å². The summed E-state index contributed by atoms with van der Waals surface area (Å²) in [6.07, 6.45) is 11.6. The molecule has 0 radical (unpaired) electrons. The van der Waals surface area contributed by atoms with Crippen molar-refractivity contribution < 1.29 is 9.59 Å². The Balaban J connectivity index is 1.24. The highest BCUT2D eigenvalue weighted by atomic mass is 16.2. The smallest absolute Gasteiger partial charge is 0.253 e. The summed E-state index contributed by atoms with van der Waals surface area (Å²) in [5.41, 5.74) is 0.787. The number of carbonyl (C=O) groups excluding carboxylic acids is 2. The SMILES string of the molecule is O=C(C=CC1CCCNC1)NCCCCC1CCN(C(=O)c2ccccc2)CC1. The van der Waals surface area contributed by atoms with Crippen molar-refractivity contribution in [1.29, 1.82) is 0 Å². The maximum absolute atomic E-state index is 12.5. The zero-order chi connectivity index (χ0) is 20.3. The van der Waals surface area contributed by atoms with E-state index in [9.17, 15) is 9.59 Å². The molecule has 2 saturated heterocycles. The van der Waals surface area contributed by atoms with Crippen LogP contribution in [-0.4, -0.2) is 49.4 Å². The molecule has 1 unspecified atom stereocenters. The second-order valence-corrected chi connectivity index (χ2v) is 8.35. The Bertz CT molecular complexity index is 660. The molecule has 1 atom stereocenters. The molecule has 2 N–H and O–H groups in total. The minimum atomic E-state index is 0.0308. The standard InChI is InChI=1S/C24H35N3O2/c28-23(12-11-21-8-6-15-25-19-21)26-16-5-4-7-20-13-17-27(18-14-20)24(29)22-9-2-1-3-10-22/h1-3,9-12,20-21,25H,4-8,13-19H2,(H,26,28). The molecule has 5 nitrogen and oxygen atoms in total. The molecular weight excluding hydrogens is 362 g/mol. The summed E-state index contributed by atoms with van der Waals surface area (Å²) < 4.78 is 0. The second-order valence-electron chi connectivity index (χ2n) is 8.35. The number of hydrogen-bond donors (Lipinski definition) is 2. The lowest BCUT2D eigenvalue weighted by Gasteiger charge is -2.32. The molecular formula is C24H35N3O2. The van der Waals surface area contributed by atoms with Crippen molar-refractivity contribution in [3.05, 3.63) is 48.0 Å². The largest absolute Gasteiger partial charge is 0.353 e. The van der Waals surface area contributed by atoms with Crippen molar-refractivity contribution >= 4 is 11.8 Å². The Hall–Kier alpha value is -2.14. The van der Waals surface area contributed by atoms with Gasteiger partial charge < -0.3 is 15.5 Å². The van der Waals surface area contributed by atoms with Crippen LogP contribution < -0.4 is 10.6 Å². The molecule has 2 aliphatic heterocycles. The van der Waals surface area contributed by atoms with Crippen LogP contribution in [0.4, 0.5) is 0 Å². The van der Waals surface area contributed by atoms with Gasteiger partial charge in [0.25, 0.3) is 5.91 Å². The van der Waals surface area contributed by atoms with E-state index in [0.717, 1.165) is 64.0 Å². The number of likely N-dealkylation sites (tertiary alicyclic amines) is 1. The number of rotatable bonds is 8. The van der Waals surface area contributed by atoms with Crippen molar-refractivity contribution in [1.82, 2.24) is 15.5 Å². The summed E-state index contributed by atoms with van der Waals surface area (Å²) in [5, 5.41) is 6.36. The molecule has 5 heteroatoms. The van der Waals surface area contributed by atoms with Gasteiger partial charge in [0.15, 0.2) is 0 Å². The Morgan fingerprint density at radius 1 is 1.10 bits per heavy atom. The Morgan fingerprint density at radius 2 is 1.90 bits per heavy atom. The summed E-state index contributed by atoms with van der Waals surface area (Å²) in [6.45, 7) is 4.54. The number of benzene rings is 1. The molecule has 2 aliphatic rings. The number of unbranched alkanes of at least 4 members (excludes halogenated alkanes) is 1. The zero-order valence-electron chi connectivity index (χ0n) is 17.4. The molecule has 29 heavy (non-hydrogen) atoms. The first kappa shape index (κ1) is 21.6. The number of nitrogens with zero attached hydrogens (tertiary/aromatic N) is 1. The van der Waals surface area contributed by atoms with E-state index in [4.69, 9.17) is 0 Å². The van der Waals surface area contributed by atoms with Gasteiger partial charge in [-0.05, 0) is 68.7 Å². The van der Waals surface area contributed by atoms with Crippen LogP contribution >= 0.6 is 0 Å². The van der Waals surface area contributed by atoms with E-state index in [-0.39, 0.29) is 11.8 Å². The molecule has 1 aromatic rings. The third kappa shape index (κ3) is 7.32. The molecule has 0 bridgehead atoms. The zero-order valence-corrected chi connectivity index (χ0v) is 17.4. The highest BCUT2D eigenvalue weighted by Gasteiger charge is 2.23. The van der Waals surface area contributed by atoms with Gasteiger partial charge in [0.05, 0.1) is 0 Å². The summed E-state index contributed by atoms with van der Waals surface area (Å²) in [4.78, 5) is 26.4. The number of carbonyl (C=O) groups is 2. The average Bonchev–Trinajstić information content (AvgIpc) is 2.79. The number of piperidine rings is 2. The fraction of sp³-hybridized carbons (Fsp3) is 0.583. The number of hydrogen-bond acceptors (Lipinski definition) is 3. The lowest BCUT2D eigenvalue weighted by molar-refractivity contribution is -0.116. The van der Waals surface area contributed by atoms with Gasteiger partial charge in [-0.3, -0.25) is 9.59 Å². The van der Waals surface area contributed by atoms with Gasteiger partial charge in [-0.1, -0.05) is 37.1 Å². The fourth-order valence-electron chi connectivity index (χ4n) is 4.28. The number of nitrogens with one attached hydrogen (secondary N) is 2. The van der Waals surface area contributed by atoms with E-state index < -0.39 is 0 Å². The first-order chi connectivity index (χ1) is 14.2. The van der Waals surface area contributed by atoms with Crippen LogP contribution in [0, 0.1) is 11.8 Å². The van der Waals surface area contributed by atoms with Gasteiger partial charge in [0.2, 0.25) is 5.91 Å². The second kappa shape index (κ2) is 11.8. The molecule has 0 spiro atoms. The molecule has 158 valence electrons. The van der Waals surface area contributed by atoms with Gasteiger partial charge in [-0.2, -0.15) is 0 Å². The third-order valence-corrected chi connectivity index (χ3v) is 6.12. The monoisotopic (exact) mass is 397 g/mol. The minimum Gasteiger partial charge on any atom is -0.353 e. The minimum absolute atomic E-state index is 0.0308. The van der Waals surface area contributed by atoms with Crippen LogP contribution in [0.3, 0.4) is 0 Å². The van der Waals surface area contributed by atoms with Gasteiger partial charge in [0.1, 0.15) is 0 Å². The maximum Gasteiger partial charge on any atom is 0.253 e. The Morgan fingerprint density at radius 3 is 2.62 bits per heavy atom. The normalized spacial score (nSPS) is 20.7. The van der Waals surface area contributed by atoms with E-state index >= 15 is 0 Å². The molecule has 3 rings (SSSR count). The molecule has 0 aliphatic carbocycles. The predicted molar refractivity (Wildman–Crippen MR) is 117 cm³/mol. The van der Waals surface area contributed by atoms with Crippen LogP contribution in [-0.2, 0) is 4.79 Å². The highest BCUT2D eigenvalue weighted by Crippen LogP contribution is 2.23. The Kier molecular flexibility index (Phi) is 8.75. The molecule has 2 heterocycles. The molecule has 2 fully saturated rings. The van der Waals surface area contributed by atoms with E-state index in [0.29, 0.717) is 11.8 Å². The quantitative estimate of drug-likeness (QED) is 0.522. The van der Waals surface area contributed by atoms with E-state index in [1.165, 1.54) is 19.3 Å². The summed E-state index contributed by atoms with van der Waals surface area (Å²) >= 11 is 0. The van der Waals surface area contributed by atoms with E-state index in [1.54, 1.807) is 6.08 Å². The summed E-state index contributed by atoms with van der Waals surface area (Å²) in [6, 6.07) is 9.56. The van der Waals surface area contributed by atoms with Crippen molar-refractivity contribution in [3.63, 3.8) is 0 Å². The van der Waals surface area contributed by atoms with Crippen LogP contribution in [0.1, 0.15) is 55.3 Å². The van der Waals surface area contributed by atoms with E-state index in [1.807, 2.05) is 41.3 Å². The van der Waals surface area contributed by atoms with Crippen molar-refractivity contribution in [2.75, 3.05) is 32.7 Å². The summed E-state index contributed by atoms with van der Waals surface area (Å²) in [7, 11) is 0. The molecule has 0 aromatic heterocycles. The lowest BCUT2D eigenvalue weighted by Crippen LogP contribution is -2.38. The van der Waals surface area contributed by atoms with Crippen LogP contribution in [0.25, 0.3) is 0 Å². The first-order valence-electron chi connectivity index (χ1n) is 11.2. The topological polar surface area (TPSA) is 61.4 Å². The van der Waals surface area contributed by atoms with Crippen LogP contribution in [0.2, 0.25) is 0 Å². The van der Waals surface area contributed by atoms with Crippen LogP contribution in [0.15, 0.2) is 42.5 Å². The number of amides is 2. The predicted octanol–water partition coefficient (Wildman–Crippen LogP) is 3.38. The fourth-order valence-corrected chi connectivity index (χ4v) is 4.28. The highest BCUT2D eigenvalue weighted by molar-refractivity contribution is 5.94.